The molecule has 0 unspecified atom stereocenters. The summed E-state index contributed by atoms with van der Waals surface area (Å²) in [6.07, 6.45) is 1.74. The molecule has 1 aromatic heterocycles. The topological polar surface area (TPSA) is 38.9 Å². The van der Waals surface area contributed by atoms with Crippen molar-refractivity contribution in [3.63, 3.8) is 0 Å². The first-order valence-corrected chi connectivity index (χ1v) is 3.86. The van der Waals surface area contributed by atoms with Gasteiger partial charge in [0.15, 0.2) is 0 Å². The number of pyridine rings is 1. The van der Waals surface area contributed by atoms with Crippen molar-refractivity contribution < 1.29 is 0 Å². The molecule has 1 atom stereocenters. The standard InChI is InChI=1S/C7H9BrN2.ClH/c1-5(9)7-4-6(8)2-3-10-7;/h2-5H,9H2,1H3;1H/t5-;/m1./s1. The van der Waals surface area contributed by atoms with Gasteiger partial charge in [-0.15, -0.1) is 12.4 Å². The number of nitrogens with two attached hydrogens (primary N) is 1. The summed E-state index contributed by atoms with van der Waals surface area (Å²) < 4.78 is 1.02. The van der Waals surface area contributed by atoms with Crippen LogP contribution >= 0.6 is 28.3 Å². The lowest BCUT2D eigenvalue weighted by molar-refractivity contribution is 0.780. The van der Waals surface area contributed by atoms with Crippen LogP contribution in [-0.2, 0) is 0 Å². The summed E-state index contributed by atoms with van der Waals surface area (Å²) in [5.41, 5.74) is 6.51. The number of nitrogens with zero attached hydrogens (tertiary/aromatic N) is 1. The Labute approximate surface area is 80.7 Å². The minimum Gasteiger partial charge on any atom is -0.323 e. The van der Waals surface area contributed by atoms with Gasteiger partial charge in [0.2, 0.25) is 0 Å². The Kier molecular flexibility index (Phi) is 4.65. The van der Waals surface area contributed by atoms with Gasteiger partial charge in [0.1, 0.15) is 0 Å². The van der Waals surface area contributed by atoms with Crippen LogP contribution in [0.2, 0.25) is 0 Å². The maximum absolute atomic E-state index is 5.60. The van der Waals surface area contributed by atoms with Crippen molar-refractivity contribution in [3.8, 4) is 0 Å². The second-order valence-electron chi connectivity index (χ2n) is 2.19. The van der Waals surface area contributed by atoms with E-state index in [4.69, 9.17) is 5.73 Å². The highest BCUT2D eigenvalue weighted by Gasteiger charge is 1.98. The summed E-state index contributed by atoms with van der Waals surface area (Å²) in [5.74, 6) is 0. The predicted octanol–water partition coefficient (Wildman–Crippen LogP) is 2.29. The van der Waals surface area contributed by atoms with E-state index in [1.807, 2.05) is 19.1 Å². The summed E-state index contributed by atoms with van der Waals surface area (Å²) in [7, 11) is 0. The third kappa shape index (κ3) is 3.18. The van der Waals surface area contributed by atoms with Gasteiger partial charge in [-0.3, -0.25) is 4.98 Å². The smallest absolute Gasteiger partial charge is 0.0579 e. The summed E-state index contributed by atoms with van der Waals surface area (Å²) >= 11 is 3.33. The first kappa shape index (κ1) is 10.9. The maximum Gasteiger partial charge on any atom is 0.0579 e. The average Bonchev–Trinajstić information content (AvgIpc) is 1.88. The van der Waals surface area contributed by atoms with Crippen LogP contribution in [0.25, 0.3) is 0 Å². The molecule has 2 N–H and O–H groups in total. The lowest BCUT2D eigenvalue weighted by atomic mass is 10.2. The van der Waals surface area contributed by atoms with E-state index in [0.717, 1.165) is 10.2 Å². The van der Waals surface area contributed by atoms with Crippen molar-refractivity contribution in [1.29, 1.82) is 0 Å². The highest BCUT2D eigenvalue weighted by Crippen LogP contribution is 2.12. The third-order valence-electron chi connectivity index (χ3n) is 1.21. The monoisotopic (exact) mass is 236 g/mol. The van der Waals surface area contributed by atoms with Crippen LogP contribution in [0.4, 0.5) is 0 Å². The number of aromatic nitrogens is 1. The van der Waals surface area contributed by atoms with Crippen molar-refractivity contribution in [2.45, 2.75) is 13.0 Å². The SMILES string of the molecule is C[C@@H](N)c1cc(Br)ccn1.Cl. The molecule has 0 aliphatic heterocycles. The second-order valence-corrected chi connectivity index (χ2v) is 3.10. The minimum atomic E-state index is 0. The number of hydrogen-bond acceptors (Lipinski definition) is 2. The van der Waals surface area contributed by atoms with Gasteiger partial charge in [-0.25, -0.2) is 0 Å². The fourth-order valence-corrected chi connectivity index (χ4v) is 1.02. The molecule has 0 saturated carbocycles. The molecular formula is C7H10BrClN2. The number of hydrogen-bond donors (Lipinski definition) is 1. The average molecular weight is 238 g/mol. The fourth-order valence-electron chi connectivity index (χ4n) is 0.670. The van der Waals surface area contributed by atoms with Gasteiger partial charge in [-0.05, 0) is 19.1 Å². The van der Waals surface area contributed by atoms with Gasteiger partial charge in [0.25, 0.3) is 0 Å². The van der Waals surface area contributed by atoms with E-state index in [-0.39, 0.29) is 18.4 Å². The molecule has 1 heterocycles. The Morgan fingerprint density at radius 1 is 1.64 bits per heavy atom. The van der Waals surface area contributed by atoms with E-state index in [1.165, 1.54) is 0 Å². The molecule has 62 valence electrons. The van der Waals surface area contributed by atoms with Crippen molar-refractivity contribution in [2.24, 2.45) is 5.73 Å². The molecule has 0 saturated heterocycles. The molecule has 1 aromatic rings. The molecule has 0 aromatic carbocycles. The lowest BCUT2D eigenvalue weighted by Crippen LogP contribution is -2.06. The quantitative estimate of drug-likeness (QED) is 0.814. The van der Waals surface area contributed by atoms with E-state index < -0.39 is 0 Å². The van der Waals surface area contributed by atoms with Gasteiger partial charge in [-0.1, -0.05) is 15.9 Å². The first-order chi connectivity index (χ1) is 4.70. The Hall–Kier alpha value is -0.120. The normalized spacial score (nSPS) is 11.9. The summed E-state index contributed by atoms with van der Waals surface area (Å²) in [6.45, 7) is 1.91. The molecule has 11 heavy (non-hydrogen) atoms. The van der Waals surface area contributed by atoms with E-state index in [9.17, 15) is 0 Å². The molecule has 0 fully saturated rings. The number of rotatable bonds is 1. The highest BCUT2D eigenvalue weighted by atomic mass is 79.9. The molecule has 2 nitrogen and oxygen atoms in total. The molecule has 4 heteroatoms. The van der Waals surface area contributed by atoms with Crippen LogP contribution < -0.4 is 5.73 Å². The van der Waals surface area contributed by atoms with Gasteiger partial charge in [0.05, 0.1) is 5.69 Å². The Bertz CT molecular complexity index is 227. The maximum atomic E-state index is 5.60. The molecule has 0 amide bonds. The zero-order valence-electron chi connectivity index (χ0n) is 6.12. The van der Waals surface area contributed by atoms with E-state index in [0.29, 0.717) is 0 Å². The van der Waals surface area contributed by atoms with Crippen LogP contribution in [0.15, 0.2) is 22.8 Å². The second kappa shape index (κ2) is 4.70. The molecule has 0 aliphatic carbocycles. The van der Waals surface area contributed by atoms with Crippen LogP contribution in [0.5, 0.6) is 0 Å². The Balaban J connectivity index is 0.000001000. The van der Waals surface area contributed by atoms with Crippen LogP contribution in [0.3, 0.4) is 0 Å². The fraction of sp³-hybridized carbons (Fsp3) is 0.286. The zero-order valence-corrected chi connectivity index (χ0v) is 8.52. The zero-order chi connectivity index (χ0) is 7.56. The van der Waals surface area contributed by atoms with Crippen LogP contribution in [0, 0.1) is 0 Å². The van der Waals surface area contributed by atoms with Crippen LogP contribution in [0.1, 0.15) is 18.7 Å². The predicted molar refractivity (Wildman–Crippen MR) is 51.8 cm³/mol. The van der Waals surface area contributed by atoms with Gasteiger partial charge >= 0.3 is 0 Å². The molecule has 0 radical (unpaired) electrons. The van der Waals surface area contributed by atoms with Crippen molar-refractivity contribution in [1.82, 2.24) is 4.98 Å². The summed E-state index contributed by atoms with van der Waals surface area (Å²) in [5, 5.41) is 0. The first-order valence-electron chi connectivity index (χ1n) is 3.07. The largest absolute Gasteiger partial charge is 0.323 e. The van der Waals surface area contributed by atoms with Crippen molar-refractivity contribution >= 4 is 28.3 Å². The Morgan fingerprint density at radius 3 is 2.64 bits per heavy atom. The summed E-state index contributed by atoms with van der Waals surface area (Å²) in [4.78, 5) is 4.08. The molecule has 0 aliphatic rings. The molecular weight excluding hydrogens is 227 g/mol. The van der Waals surface area contributed by atoms with Crippen molar-refractivity contribution in [3.05, 3.63) is 28.5 Å². The molecule has 0 bridgehead atoms. The minimum absolute atomic E-state index is 0. The third-order valence-corrected chi connectivity index (χ3v) is 1.70. The van der Waals surface area contributed by atoms with Crippen LogP contribution in [-0.4, -0.2) is 4.98 Å². The highest BCUT2D eigenvalue weighted by molar-refractivity contribution is 9.10. The van der Waals surface area contributed by atoms with E-state index in [2.05, 4.69) is 20.9 Å². The van der Waals surface area contributed by atoms with Crippen molar-refractivity contribution in [2.75, 3.05) is 0 Å². The Morgan fingerprint density at radius 2 is 2.27 bits per heavy atom. The molecule has 0 spiro atoms. The lowest BCUT2D eigenvalue weighted by Gasteiger charge is -2.02. The van der Waals surface area contributed by atoms with E-state index >= 15 is 0 Å². The van der Waals surface area contributed by atoms with Gasteiger partial charge < -0.3 is 5.73 Å². The van der Waals surface area contributed by atoms with E-state index in [1.54, 1.807) is 6.20 Å². The van der Waals surface area contributed by atoms with Gasteiger partial charge in [-0.2, -0.15) is 0 Å². The molecule has 1 rings (SSSR count). The number of halogens is 2. The van der Waals surface area contributed by atoms with Gasteiger partial charge in [0, 0.05) is 16.7 Å². The summed E-state index contributed by atoms with van der Waals surface area (Å²) in [6, 6.07) is 3.81.